The molecule has 0 spiro atoms. The van der Waals surface area contributed by atoms with Crippen molar-refractivity contribution in [2.75, 3.05) is 20.3 Å². The number of carbonyl (C=O) groups excluding carboxylic acids is 1. The van der Waals surface area contributed by atoms with E-state index >= 15 is 0 Å². The molecule has 1 rings (SSSR count). The van der Waals surface area contributed by atoms with Crippen LogP contribution in [-0.4, -0.2) is 26.1 Å². The molecule has 3 nitrogen and oxygen atoms in total. The largest absolute Gasteiger partial charge is 0.483 e. The Balaban J connectivity index is 2.70. The van der Waals surface area contributed by atoms with E-state index in [2.05, 4.69) is 47.8 Å². The Morgan fingerprint density at radius 1 is 1.19 bits per heavy atom. The second kappa shape index (κ2) is 6.74. The zero-order valence-electron chi connectivity index (χ0n) is 8.43. The summed E-state index contributed by atoms with van der Waals surface area (Å²) in [4.78, 5) is 11.2. The first kappa shape index (κ1) is 14.2. The second-order valence-electron chi connectivity index (χ2n) is 2.96. The van der Waals surface area contributed by atoms with Crippen LogP contribution in [0.1, 0.15) is 0 Å². The van der Waals surface area contributed by atoms with Crippen LogP contribution < -0.4 is 4.74 Å². The van der Waals surface area contributed by atoms with Crippen LogP contribution >= 0.6 is 47.8 Å². The normalized spacial score (nSPS) is 10.2. The molecule has 0 amide bonds. The minimum absolute atomic E-state index is 0.00727. The SMILES string of the molecule is COCC(=O)COc1c(Br)cc(Br)cc1Br. The Kier molecular flexibility index (Phi) is 5.96. The van der Waals surface area contributed by atoms with Gasteiger partial charge in [-0.2, -0.15) is 0 Å². The first-order chi connectivity index (χ1) is 7.54. The molecular formula is C10H9Br3O3. The third-order valence-corrected chi connectivity index (χ3v) is 3.28. The number of halogens is 3. The van der Waals surface area contributed by atoms with Crippen molar-refractivity contribution in [2.45, 2.75) is 0 Å². The van der Waals surface area contributed by atoms with Gasteiger partial charge in [0.2, 0.25) is 0 Å². The number of hydrogen-bond donors (Lipinski definition) is 0. The summed E-state index contributed by atoms with van der Waals surface area (Å²) < 4.78 is 12.6. The Morgan fingerprint density at radius 3 is 2.25 bits per heavy atom. The molecule has 0 N–H and O–H groups in total. The molecule has 0 saturated carbocycles. The summed E-state index contributed by atoms with van der Waals surface area (Å²) >= 11 is 10.1. The lowest BCUT2D eigenvalue weighted by Crippen LogP contribution is -2.16. The zero-order chi connectivity index (χ0) is 12.1. The lowest BCUT2D eigenvalue weighted by atomic mass is 10.3. The number of rotatable bonds is 5. The van der Waals surface area contributed by atoms with Gasteiger partial charge in [-0.05, 0) is 44.0 Å². The molecule has 0 bridgehead atoms. The fourth-order valence-corrected chi connectivity index (χ4v) is 3.51. The van der Waals surface area contributed by atoms with Crippen LogP contribution in [-0.2, 0) is 9.53 Å². The maximum Gasteiger partial charge on any atom is 0.195 e. The fraction of sp³-hybridized carbons (Fsp3) is 0.300. The van der Waals surface area contributed by atoms with E-state index in [1.807, 2.05) is 12.1 Å². The van der Waals surface area contributed by atoms with Crippen LogP contribution in [0.25, 0.3) is 0 Å². The van der Waals surface area contributed by atoms with Crippen LogP contribution in [0.3, 0.4) is 0 Å². The van der Waals surface area contributed by atoms with E-state index in [0.717, 1.165) is 13.4 Å². The van der Waals surface area contributed by atoms with E-state index in [4.69, 9.17) is 9.47 Å². The molecular weight excluding hydrogens is 408 g/mol. The molecule has 0 aromatic heterocycles. The molecule has 0 heterocycles. The fourth-order valence-electron chi connectivity index (χ4n) is 1.02. The number of Topliss-reactive ketones (excluding diaryl/α,β-unsaturated/α-hetero) is 1. The summed E-state index contributed by atoms with van der Waals surface area (Å²) in [6.07, 6.45) is 0. The van der Waals surface area contributed by atoms with Crippen LogP contribution in [0, 0.1) is 0 Å². The maximum atomic E-state index is 11.2. The summed E-state index contributed by atoms with van der Waals surface area (Å²) in [6, 6.07) is 3.70. The van der Waals surface area contributed by atoms with Gasteiger partial charge in [-0.25, -0.2) is 0 Å². The Hall–Kier alpha value is 0.0900. The molecule has 0 radical (unpaired) electrons. The summed E-state index contributed by atoms with van der Waals surface area (Å²) in [5, 5.41) is 0. The lowest BCUT2D eigenvalue weighted by molar-refractivity contribution is -0.124. The Bertz CT molecular complexity index is 370. The van der Waals surface area contributed by atoms with Crippen molar-refractivity contribution in [3.05, 3.63) is 25.6 Å². The van der Waals surface area contributed by atoms with Crippen molar-refractivity contribution in [1.82, 2.24) is 0 Å². The number of carbonyl (C=O) groups is 1. The third kappa shape index (κ3) is 4.16. The van der Waals surface area contributed by atoms with Gasteiger partial charge in [0, 0.05) is 11.6 Å². The summed E-state index contributed by atoms with van der Waals surface area (Å²) in [7, 11) is 1.48. The van der Waals surface area contributed by atoms with E-state index in [-0.39, 0.29) is 19.0 Å². The minimum Gasteiger partial charge on any atom is -0.483 e. The van der Waals surface area contributed by atoms with Gasteiger partial charge >= 0.3 is 0 Å². The molecule has 6 heteroatoms. The van der Waals surface area contributed by atoms with Crippen LogP contribution in [0.4, 0.5) is 0 Å². The summed E-state index contributed by atoms with van der Waals surface area (Å²) in [5.74, 6) is 0.497. The number of benzene rings is 1. The van der Waals surface area contributed by atoms with Crippen molar-refractivity contribution in [3.63, 3.8) is 0 Å². The first-order valence-corrected chi connectivity index (χ1v) is 6.70. The molecule has 88 valence electrons. The average Bonchev–Trinajstić information content (AvgIpc) is 2.16. The highest BCUT2D eigenvalue weighted by Gasteiger charge is 2.10. The van der Waals surface area contributed by atoms with Crippen LogP contribution in [0.15, 0.2) is 25.6 Å². The quantitative estimate of drug-likeness (QED) is 0.736. The van der Waals surface area contributed by atoms with Crippen LogP contribution in [0.2, 0.25) is 0 Å². The molecule has 0 saturated heterocycles. The molecule has 0 fully saturated rings. The lowest BCUT2D eigenvalue weighted by Gasteiger charge is -2.09. The summed E-state index contributed by atoms with van der Waals surface area (Å²) in [6.45, 7) is 0.0540. The van der Waals surface area contributed by atoms with Gasteiger partial charge in [-0.3, -0.25) is 4.79 Å². The van der Waals surface area contributed by atoms with E-state index < -0.39 is 0 Å². The van der Waals surface area contributed by atoms with Crippen molar-refractivity contribution in [1.29, 1.82) is 0 Å². The highest BCUT2D eigenvalue weighted by Crippen LogP contribution is 2.36. The molecule has 0 aliphatic heterocycles. The second-order valence-corrected chi connectivity index (χ2v) is 5.58. The molecule has 0 aliphatic carbocycles. The van der Waals surface area contributed by atoms with Gasteiger partial charge in [0.05, 0.1) is 8.95 Å². The Labute approximate surface area is 119 Å². The van der Waals surface area contributed by atoms with E-state index in [0.29, 0.717) is 5.75 Å². The topological polar surface area (TPSA) is 35.5 Å². The van der Waals surface area contributed by atoms with Gasteiger partial charge in [0.15, 0.2) is 5.78 Å². The first-order valence-electron chi connectivity index (χ1n) is 4.32. The maximum absolute atomic E-state index is 11.2. The minimum atomic E-state index is -0.107. The predicted octanol–water partition coefficient (Wildman–Crippen LogP) is 3.57. The Morgan fingerprint density at radius 2 is 1.75 bits per heavy atom. The van der Waals surface area contributed by atoms with Gasteiger partial charge < -0.3 is 9.47 Å². The smallest absolute Gasteiger partial charge is 0.195 e. The molecule has 1 aromatic rings. The highest BCUT2D eigenvalue weighted by molar-refractivity contribution is 9.11. The van der Waals surface area contributed by atoms with Crippen molar-refractivity contribution < 1.29 is 14.3 Å². The van der Waals surface area contributed by atoms with Gasteiger partial charge in [-0.15, -0.1) is 0 Å². The average molecular weight is 417 g/mol. The number of ketones is 1. The number of methoxy groups -OCH3 is 1. The monoisotopic (exact) mass is 414 g/mol. The van der Waals surface area contributed by atoms with Gasteiger partial charge in [0.1, 0.15) is 19.0 Å². The van der Waals surface area contributed by atoms with Crippen molar-refractivity contribution in [3.8, 4) is 5.75 Å². The highest BCUT2D eigenvalue weighted by atomic mass is 79.9. The van der Waals surface area contributed by atoms with Crippen molar-refractivity contribution in [2.24, 2.45) is 0 Å². The number of ether oxygens (including phenoxy) is 2. The molecule has 0 unspecified atom stereocenters. The standard InChI is InChI=1S/C10H9Br3O3/c1-15-4-7(14)5-16-10-8(12)2-6(11)3-9(10)13/h2-3H,4-5H2,1H3. The van der Waals surface area contributed by atoms with Crippen LogP contribution in [0.5, 0.6) is 5.75 Å². The number of hydrogen-bond acceptors (Lipinski definition) is 3. The van der Waals surface area contributed by atoms with E-state index in [1.165, 1.54) is 7.11 Å². The third-order valence-electron chi connectivity index (χ3n) is 1.65. The predicted molar refractivity (Wildman–Crippen MR) is 71.9 cm³/mol. The molecule has 1 aromatic carbocycles. The van der Waals surface area contributed by atoms with E-state index in [1.54, 1.807) is 0 Å². The zero-order valence-corrected chi connectivity index (χ0v) is 13.2. The van der Waals surface area contributed by atoms with Gasteiger partial charge in [-0.1, -0.05) is 15.9 Å². The molecule has 0 atom stereocenters. The molecule has 16 heavy (non-hydrogen) atoms. The molecule has 0 aliphatic rings. The van der Waals surface area contributed by atoms with Crippen molar-refractivity contribution >= 4 is 53.6 Å². The summed E-state index contributed by atoms with van der Waals surface area (Å²) in [5.41, 5.74) is 0. The van der Waals surface area contributed by atoms with E-state index in [9.17, 15) is 4.79 Å². The van der Waals surface area contributed by atoms with Gasteiger partial charge in [0.25, 0.3) is 0 Å².